The number of aromatic amines is 2. The molecule has 0 aliphatic heterocycles. The van der Waals surface area contributed by atoms with Crippen LogP contribution >= 0.6 is 0 Å². The Balaban J connectivity index is 2.59. The van der Waals surface area contributed by atoms with Crippen LogP contribution in [0.25, 0.3) is 11.0 Å². The van der Waals surface area contributed by atoms with Crippen LogP contribution in [-0.2, 0) is 0 Å². The highest BCUT2D eigenvalue weighted by molar-refractivity contribution is 5.77. The van der Waals surface area contributed by atoms with Crippen LogP contribution in [-0.4, -0.2) is 14.8 Å². The minimum Gasteiger partial charge on any atom is -0.307 e. The number of aryl methyl sites for hydroxylation is 1. The summed E-state index contributed by atoms with van der Waals surface area (Å²) < 4.78 is 1.78. The lowest BCUT2D eigenvalue weighted by Gasteiger charge is -2.13. The van der Waals surface area contributed by atoms with Gasteiger partial charge in [0.2, 0.25) is 5.56 Å². The van der Waals surface area contributed by atoms with Crippen LogP contribution < -0.4 is 11.1 Å². The van der Waals surface area contributed by atoms with Gasteiger partial charge in [-0.1, -0.05) is 19.8 Å². The van der Waals surface area contributed by atoms with Crippen LogP contribution in [0.2, 0.25) is 0 Å². The summed E-state index contributed by atoms with van der Waals surface area (Å²) in [7, 11) is 0. The molecule has 0 fully saturated rings. The fourth-order valence-electron chi connectivity index (χ4n) is 2.32. The van der Waals surface area contributed by atoms with Crippen LogP contribution in [0.1, 0.15) is 44.7 Å². The Bertz CT molecular complexity index is 663. The standard InChI is InChI=1S/C13H19N3O2/c1-4-5-6-9(3)16-12-11(13(18)15-16)8(2)7-10(17)14-12/h7,9H,4-6H2,1-3H3,(H,14,17)(H,15,18)/t9-/m1/s1. The van der Waals surface area contributed by atoms with Crippen LogP contribution in [0, 0.1) is 6.92 Å². The number of pyridine rings is 1. The largest absolute Gasteiger partial charge is 0.307 e. The number of aromatic nitrogens is 3. The van der Waals surface area contributed by atoms with Gasteiger partial charge in [-0.2, -0.15) is 0 Å². The molecule has 0 unspecified atom stereocenters. The smallest absolute Gasteiger partial charge is 0.273 e. The molecule has 2 rings (SSSR count). The van der Waals surface area contributed by atoms with Gasteiger partial charge >= 0.3 is 0 Å². The first-order valence-corrected chi connectivity index (χ1v) is 6.38. The van der Waals surface area contributed by atoms with E-state index < -0.39 is 0 Å². The molecule has 2 aromatic rings. The van der Waals surface area contributed by atoms with E-state index in [9.17, 15) is 9.59 Å². The number of hydrogen-bond acceptors (Lipinski definition) is 2. The third-order valence-electron chi connectivity index (χ3n) is 3.33. The Kier molecular flexibility index (Phi) is 3.41. The fourth-order valence-corrected chi connectivity index (χ4v) is 2.32. The van der Waals surface area contributed by atoms with Crippen molar-refractivity contribution in [2.75, 3.05) is 0 Å². The van der Waals surface area contributed by atoms with Crippen molar-refractivity contribution in [1.29, 1.82) is 0 Å². The second-order valence-electron chi connectivity index (χ2n) is 4.84. The molecule has 0 amide bonds. The highest BCUT2D eigenvalue weighted by Crippen LogP contribution is 2.18. The molecule has 2 N–H and O–H groups in total. The van der Waals surface area contributed by atoms with Gasteiger partial charge < -0.3 is 4.98 Å². The maximum atomic E-state index is 11.9. The van der Waals surface area contributed by atoms with Crippen LogP contribution in [0.15, 0.2) is 15.7 Å². The van der Waals surface area contributed by atoms with Crippen molar-refractivity contribution in [2.45, 2.75) is 46.1 Å². The number of H-pyrrole nitrogens is 2. The lowest BCUT2D eigenvalue weighted by molar-refractivity contribution is 0.451. The van der Waals surface area contributed by atoms with Gasteiger partial charge in [0.05, 0.1) is 5.39 Å². The Morgan fingerprint density at radius 3 is 2.78 bits per heavy atom. The molecule has 0 saturated carbocycles. The molecule has 0 radical (unpaired) electrons. The predicted molar refractivity (Wildman–Crippen MR) is 72.2 cm³/mol. The zero-order chi connectivity index (χ0) is 13.3. The minimum absolute atomic E-state index is 0.137. The van der Waals surface area contributed by atoms with E-state index in [2.05, 4.69) is 17.0 Å². The van der Waals surface area contributed by atoms with E-state index in [4.69, 9.17) is 0 Å². The summed E-state index contributed by atoms with van der Waals surface area (Å²) in [5, 5.41) is 3.40. The van der Waals surface area contributed by atoms with E-state index in [-0.39, 0.29) is 17.2 Å². The molecule has 2 heterocycles. The molecular weight excluding hydrogens is 230 g/mol. The van der Waals surface area contributed by atoms with Crippen molar-refractivity contribution in [3.63, 3.8) is 0 Å². The van der Waals surface area contributed by atoms with Crippen LogP contribution in [0.5, 0.6) is 0 Å². The van der Waals surface area contributed by atoms with Crippen molar-refractivity contribution in [1.82, 2.24) is 14.8 Å². The lowest BCUT2D eigenvalue weighted by atomic mass is 10.1. The van der Waals surface area contributed by atoms with Crippen molar-refractivity contribution >= 4 is 11.0 Å². The SMILES string of the molecule is CCCC[C@@H](C)n1[nH]c(=O)c2c(C)cc(=O)[nH]c21. The average molecular weight is 249 g/mol. The zero-order valence-corrected chi connectivity index (χ0v) is 11.0. The summed E-state index contributed by atoms with van der Waals surface area (Å²) >= 11 is 0. The molecule has 5 nitrogen and oxygen atoms in total. The lowest BCUT2D eigenvalue weighted by Crippen LogP contribution is -2.12. The molecule has 18 heavy (non-hydrogen) atoms. The van der Waals surface area contributed by atoms with Gasteiger partial charge in [0.1, 0.15) is 5.65 Å². The molecule has 0 aliphatic rings. The summed E-state index contributed by atoms with van der Waals surface area (Å²) in [6, 6.07) is 1.63. The molecule has 0 aromatic carbocycles. The quantitative estimate of drug-likeness (QED) is 0.870. The molecule has 1 atom stereocenters. The first kappa shape index (κ1) is 12.7. The minimum atomic E-state index is -0.171. The van der Waals surface area contributed by atoms with Crippen molar-refractivity contribution < 1.29 is 0 Å². The van der Waals surface area contributed by atoms with E-state index in [1.54, 1.807) is 11.6 Å². The third kappa shape index (κ3) is 2.12. The molecule has 5 heteroatoms. The number of hydrogen-bond donors (Lipinski definition) is 2. The van der Waals surface area contributed by atoms with E-state index in [0.717, 1.165) is 24.8 Å². The summed E-state index contributed by atoms with van der Waals surface area (Å²) in [6.07, 6.45) is 3.19. The highest BCUT2D eigenvalue weighted by Gasteiger charge is 2.14. The van der Waals surface area contributed by atoms with E-state index in [0.29, 0.717) is 11.0 Å². The monoisotopic (exact) mass is 249 g/mol. The average Bonchev–Trinajstić information content (AvgIpc) is 2.63. The second-order valence-corrected chi connectivity index (χ2v) is 4.84. The van der Waals surface area contributed by atoms with Crippen molar-refractivity contribution in [3.05, 3.63) is 32.3 Å². The number of nitrogens with one attached hydrogen (secondary N) is 2. The van der Waals surface area contributed by atoms with E-state index in [1.807, 2.05) is 6.92 Å². The molecule has 0 spiro atoms. The highest BCUT2D eigenvalue weighted by atomic mass is 16.1. The Morgan fingerprint density at radius 1 is 1.39 bits per heavy atom. The topological polar surface area (TPSA) is 70.7 Å². The zero-order valence-electron chi connectivity index (χ0n) is 11.0. The van der Waals surface area contributed by atoms with E-state index >= 15 is 0 Å². The third-order valence-corrected chi connectivity index (χ3v) is 3.33. The maximum absolute atomic E-state index is 11.9. The molecule has 98 valence electrons. The van der Waals surface area contributed by atoms with Crippen molar-refractivity contribution in [3.8, 4) is 0 Å². The number of rotatable bonds is 4. The van der Waals surface area contributed by atoms with Gasteiger partial charge in [0.15, 0.2) is 0 Å². The summed E-state index contributed by atoms with van der Waals surface area (Å²) in [6.45, 7) is 5.97. The van der Waals surface area contributed by atoms with Gasteiger partial charge in [0.25, 0.3) is 5.56 Å². The normalized spacial score (nSPS) is 13.1. The van der Waals surface area contributed by atoms with Gasteiger partial charge in [-0.05, 0) is 25.8 Å². The van der Waals surface area contributed by atoms with Gasteiger partial charge in [-0.15, -0.1) is 0 Å². The summed E-state index contributed by atoms with van der Waals surface area (Å²) in [5.41, 5.74) is 1.02. The summed E-state index contributed by atoms with van der Waals surface area (Å²) in [4.78, 5) is 26.2. The maximum Gasteiger partial charge on any atom is 0.273 e. The molecule has 0 aliphatic carbocycles. The van der Waals surface area contributed by atoms with Crippen LogP contribution in [0.4, 0.5) is 0 Å². The van der Waals surface area contributed by atoms with Gasteiger partial charge in [0, 0.05) is 12.1 Å². The number of nitrogens with zero attached hydrogens (tertiary/aromatic N) is 1. The predicted octanol–water partition coefficient (Wildman–Crippen LogP) is 2.08. The van der Waals surface area contributed by atoms with Gasteiger partial charge in [-0.3, -0.25) is 19.4 Å². The Morgan fingerprint density at radius 2 is 2.11 bits per heavy atom. The van der Waals surface area contributed by atoms with Gasteiger partial charge in [-0.25, -0.2) is 0 Å². The molecule has 0 saturated heterocycles. The molecule has 2 aromatic heterocycles. The molecular formula is C13H19N3O2. The number of fused-ring (bicyclic) bond motifs is 1. The van der Waals surface area contributed by atoms with Crippen LogP contribution in [0.3, 0.4) is 0 Å². The fraction of sp³-hybridized carbons (Fsp3) is 0.538. The van der Waals surface area contributed by atoms with E-state index in [1.165, 1.54) is 6.07 Å². The van der Waals surface area contributed by atoms with Crippen molar-refractivity contribution in [2.24, 2.45) is 0 Å². The second kappa shape index (κ2) is 4.84. The Hall–Kier alpha value is -1.78. The molecule has 0 bridgehead atoms. The Labute approximate surface area is 105 Å². The number of unbranched alkanes of at least 4 members (excludes halogenated alkanes) is 1. The summed E-state index contributed by atoms with van der Waals surface area (Å²) in [5.74, 6) is 0. The first-order valence-electron chi connectivity index (χ1n) is 6.38. The first-order chi connectivity index (χ1) is 8.54.